The minimum absolute atomic E-state index is 0.753. The molecule has 0 aliphatic heterocycles. The van der Waals surface area contributed by atoms with Crippen LogP contribution in [0.15, 0.2) is 18.5 Å². The van der Waals surface area contributed by atoms with Crippen LogP contribution in [0.1, 0.15) is 44.6 Å². The zero-order valence-corrected chi connectivity index (χ0v) is 10.6. The van der Waals surface area contributed by atoms with Crippen LogP contribution in [0.3, 0.4) is 0 Å². The van der Waals surface area contributed by atoms with Gasteiger partial charge < -0.3 is 9.88 Å². The van der Waals surface area contributed by atoms with E-state index in [2.05, 4.69) is 42.3 Å². The fourth-order valence-electron chi connectivity index (χ4n) is 2.70. The molecule has 1 aliphatic carbocycles. The molecule has 0 spiro atoms. The Morgan fingerprint density at radius 3 is 2.62 bits per heavy atom. The molecule has 0 radical (unpaired) electrons. The van der Waals surface area contributed by atoms with Gasteiger partial charge in [-0.3, -0.25) is 0 Å². The van der Waals surface area contributed by atoms with Crippen molar-refractivity contribution in [2.75, 3.05) is 0 Å². The highest BCUT2D eigenvalue weighted by Crippen LogP contribution is 2.26. The lowest BCUT2D eigenvalue weighted by molar-refractivity contribution is 0.285. The molecule has 1 heterocycles. The first-order valence-corrected chi connectivity index (χ1v) is 6.62. The molecular formula is C14H24N2. The molecule has 1 aromatic heterocycles. The molecule has 0 saturated heterocycles. The third kappa shape index (κ3) is 3.11. The molecule has 0 amide bonds. The maximum Gasteiger partial charge on any atom is 0.0223 e. The molecule has 1 aliphatic rings. The second-order valence-electron chi connectivity index (χ2n) is 5.19. The predicted octanol–water partition coefficient (Wildman–Crippen LogP) is 3.08. The maximum absolute atomic E-state index is 3.68. The molecule has 2 rings (SSSR count). The lowest BCUT2D eigenvalue weighted by atomic mass is 9.84. The first-order chi connectivity index (χ1) is 7.78. The van der Waals surface area contributed by atoms with Gasteiger partial charge >= 0.3 is 0 Å². The Labute approximate surface area is 99.0 Å². The average Bonchev–Trinajstić information content (AvgIpc) is 2.73. The molecule has 2 heteroatoms. The minimum Gasteiger partial charge on any atom is -0.357 e. The van der Waals surface area contributed by atoms with Gasteiger partial charge in [0.25, 0.3) is 0 Å². The van der Waals surface area contributed by atoms with E-state index in [1.807, 2.05) is 0 Å². The van der Waals surface area contributed by atoms with E-state index in [0.29, 0.717) is 0 Å². The smallest absolute Gasteiger partial charge is 0.0223 e. The fourth-order valence-corrected chi connectivity index (χ4v) is 2.70. The molecule has 1 aromatic rings. The van der Waals surface area contributed by atoms with E-state index in [0.717, 1.165) is 18.5 Å². The van der Waals surface area contributed by atoms with Gasteiger partial charge in [0.2, 0.25) is 0 Å². The topological polar surface area (TPSA) is 17.0 Å². The highest BCUT2D eigenvalue weighted by Gasteiger charge is 2.19. The van der Waals surface area contributed by atoms with Crippen LogP contribution in [0.4, 0.5) is 0 Å². The predicted molar refractivity (Wildman–Crippen MR) is 68.3 cm³/mol. The number of aryl methyl sites for hydroxylation is 1. The van der Waals surface area contributed by atoms with Crippen molar-refractivity contribution in [2.24, 2.45) is 13.0 Å². The third-order valence-electron chi connectivity index (χ3n) is 3.91. The number of hydrogen-bond acceptors (Lipinski definition) is 1. The van der Waals surface area contributed by atoms with Gasteiger partial charge in [0.1, 0.15) is 0 Å². The van der Waals surface area contributed by atoms with Crippen LogP contribution in [-0.2, 0) is 13.6 Å². The van der Waals surface area contributed by atoms with Crippen LogP contribution in [0.5, 0.6) is 0 Å². The van der Waals surface area contributed by atoms with Gasteiger partial charge in [-0.1, -0.05) is 13.3 Å². The summed E-state index contributed by atoms with van der Waals surface area (Å²) in [7, 11) is 2.08. The molecule has 2 nitrogen and oxygen atoms in total. The summed E-state index contributed by atoms with van der Waals surface area (Å²) in [5.74, 6) is 0.995. The highest BCUT2D eigenvalue weighted by molar-refractivity contribution is 5.09. The second-order valence-corrected chi connectivity index (χ2v) is 5.19. The van der Waals surface area contributed by atoms with E-state index in [9.17, 15) is 0 Å². The summed E-state index contributed by atoms with van der Waals surface area (Å²) < 4.78 is 2.12. The van der Waals surface area contributed by atoms with Crippen molar-refractivity contribution in [3.63, 3.8) is 0 Å². The summed E-state index contributed by atoms with van der Waals surface area (Å²) in [5.41, 5.74) is 1.40. The van der Waals surface area contributed by atoms with Gasteiger partial charge in [0, 0.05) is 32.0 Å². The maximum atomic E-state index is 3.68. The van der Waals surface area contributed by atoms with Crippen LogP contribution < -0.4 is 5.32 Å². The third-order valence-corrected chi connectivity index (χ3v) is 3.91. The molecule has 0 unspecified atom stereocenters. The van der Waals surface area contributed by atoms with Crippen molar-refractivity contribution < 1.29 is 0 Å². The Hall–Kier alpha value is -0.760. The van der Waals surface area contributed by atoms with Crippen molar-refractivity contribution >= 4 is 0 Å². The van der Waals surface area contributed by atoms with E-state index in [1.54, 1.807) is 0 Å². The van der Waals surface area contributed by atoms with E-state index >= 15 is 0 Å². The molecule has 0 atom stereocenters. The molecule has 1 N–H and O–H groups in total. The van der Waals surface area contributed by atoms with Crippen molar-refractivity contribution in [3.8, 4) is 0 Å². The minimum atomic E-state index is 0.753. The first kappa shape index (κ1) is 11.7. The molecule has 0 bridgehead atoms. The van der Waals surface area contributed by atoms with Crippen LogP contribution in [0.2, 0.25) is 0 Å². The Bertz CT molecular complexity index is 308. The number of rotatable bonds is 4. The zero-order valence-electron chi connectivity index (χ0n) is 10.6. The van der Waals surface area contributed by atoms with Gasteiger partial charge in [-0.25, -0.2) is 0 Å². The van der Waals surface area contributed by atoms with Gasteiger partial charge in [-0.05, 0) is 43.2 Å². The largest absolute Gasteiger partial charge is 0.357 e. The quantitative estimate of drug-likeness (QED) is 0.825. The van der Waals surface area contributed by atoms with Crippen molar-refractivity contribution in [1.29, 1.82) is 0 Å². The van der Waals surface area contributed by atoms with Gasteiger partial charge in [-0.2, -0.15) is 0 Å². The van der Waals surface area contributed by atoms with Crippen LogP contribution in [0.25, 0.3) is 0 Å². The van der Waals surface area contributed by atoms with Crippen LogP contribution >= 0.6 is 0 Å². The Kier molecular flexibility index (Phi) is 4.05. The summed E-state index contributed by atoms with van der Waals surface area (Å²) in [6, 6.07) is 2.95. The molecule has 90 valence electrons. The molecule has 0 aromatic carbocycles. The fraction of sp³-hybridized carbons (Fsp3) is 0.714. The summed E-state index contributed by atoms with van der Waals surface area (Å²) in [6.45, 7) is 3.35. The molecule has 16 heavy (non-hydrogen) atoms. The van der Waals surface area contributed by atoms with E-state index in [4.69, 9.17) is 0 Å². The average molecular weight is 220 g/mol. The zero-order chi connectivity index (χ0) is 11.4. The van der Waals surface area contributed by atoms with Crippen molar-refractivity contribution in [1.82, 2.24) is 9.88 Å². The summed E-state index contributed by atoms with van der Waals surface area (Å²) in [4.78, 5) is 0. The van der Waals surface area contributed by atoms with E-state index in [1.165, 1.54) is 37.7 Å². The SMILES string of the molecule is CCC1CCC(NCc2ccn(C)c2)CC1. The summed E-state index contributed by atoms with van der Waals surface area (Å²) in [6.07, 6.45) is 11.3. The van der Waals surface area contributed by atoms with Gasteiger partial charge in [-0.15, -0.1) is 0 Å². The molecule has 1 saturated carbocycles. The first-order valence-electron chi connectivity index (χ1n) is 6.62. The second kappa shape index (κ2) is 5.53. The van der Waals surface area contributed by atoms with E-state index in [-0.39, 0.29) is 0 Å². The standard InChI is InChI=1S/C14H24N2/c1-3-12-4-6-14(7-5-12)15-10-13-8-9-16(2)11-13/h8-9,11-12,14-15H,3-7,10H2,1-2H3. The van der Waals surface area contributed by atoms with Gasteiger partial charge in [0.05, 0.1) is 0 Å². The number of hydrogen-bond donors (Lipinski definition) is 1. The van der Waals surface area contributed by atoms with Crippen molar-refractivity contribution in [3.05, 3.63) is 24.0 Å². The van der Waals surface area contributed by atoms with Gasteiger partial charge in [0.15, 0.2) is 0 Å². The normalized spacial score (nSPS) is 25.9. The Balaban J connectivity index is 1.71. The summed E-state index contributed by atoms with van der Waals surface area (Å²) >= 11 is 0. The highest BCUT2D eigenvalue weighted by atomic mass is 14.9. The summed E-state index contributed by atoms with van der Waals surface area (Å²) in [5, 5.41) is 3.68. The lowest BCUT2D eigenvalue weighted by Crippen LogP contribution is -2.32. The molecule has 1 fully saturated rings. The Morgan fingerprint density at radius 2 is 2.06 bits per heavy atom. The lowest BCUT2D eigenvalue weighted by Gasteiger charge is -2.28. The number of nitrogens with zero attached hydrogens (tertiary/aromatic N) is 1. The van der Waals surface area contributed by atoms with E-state index < -0.39 is 0 Å². The van der Waals surface area contributed by atoms with Crippen LogP contribution in [-0.4, -0.2) is 10.6 Å². The Morgan fingerprint density at radius 1 is 1.31 bits per heavy atom. The monoisotopic (exact) mass is 220 g/mol. The number of nitrogens with one attached hydrogen (secondary N) is 1. The number of aromatic nitrogens is 1. The van der Waals surface area contributed by atoms with Crippen molar-refractivity contribution in [2.45, 2.75) is 51.6 Å². The molecular weight excluding hydrogens is 196 g/mol. The van der Waals surface area contributed by atoms with Crippen LogP contribution in [0, 0.1) is 5.92 Å².